The molecule has 6 heteroatoms. The average molecular weight is 363 g/mol. The van der Waals surface area contributed by atoms with Crippen molar-refractivity contribution in [1.82, 2.24) is 9.66 Å². The summed E-state index contributed by atoms with van der Waals surface area (Å²) in [5.74, 6) is 0. The van der Waals surface area contributed by atoms with Crippen molar-refractivity contribution < 1.29 is 0 Å². The molecule has 0 spiro atoms. The molecule has 3 heterocycles. The molecule has 0 unspecified atom stereocenters. The van der Waals surface area contributed by atoms with Crippen molar-refractivity contribution in [2.75, 3.05) is 0 Å². The standard InChI is InChI=1S/C19H13N3OS2/c23-19-17-15(16-9-5-11-24-16)12-25-18(17)20-13-22(19)21-10-4-8-14-6-2-1-3-7-14/h1-13H/b8-4+,21-10-. The van der Waals surface area contributed by atoms with E-state index in [0.29, 0.717) is 5.39 Å². The lowest BCUT2D eigenvalue weighted by Crippen LogP contribution is -2.16. The third kappa shape index (κ3) is 3.22. The molecule has 0 saturated carbocycles. The number of hydrogen-bond acceptors (Lipinski definition) is 5. The monoisotopic (exact) mass is 363 g/mol. The smallest absolute Gasteiger partial charge is 0.267 e. The first-order valence-corrected chi connectivity index (χ1v) is 9.37. The van der Waals surface area contributed by atoms with E-state index in [1.54, 1.807) is 23.6 Å². The number of nitrogens with zero attached hydrogens (tertiary/aromatic N) is 3. The lowest BCUT2D eigenvalue weighted by molar-refractivity contribution is 0.819. The van der Waals surface area contributed by atoms with E-state index in [9.17, 15) is 4.79 Å². The molecule has 0 fully saturated rings. The maximum Gasteiger partial charge on any atom is 0.283 e. The fraction of sp³-hybridized carbons (Fsp3) is 0. The normalized spacial score (nSPS) is 11.8. The summed E-state index contributed by atoms with van der Waals surface area (Å²) < 4.78 is 1.28. The minimum absolute atomic E-state index is 0.154. The molecule has 0 N–H and O–H groups in total. The molecule has 0 saturated heterocycles. The molecule has 1 aromatic carbocycles. The van der Waals surface area contributed by atoms with Gasteiger partial charge in [-0.1, -0.05) is 42.5 Å². The van der Waals surface area contributed by atoms with Crippen LogP contribution in [0.5, 0.6) is 0 Å². The Labute approximate surface area is 152 Å². The number of allylic oxidation sites excluding steroid dienone is 1. The summed E-state index contributed by atoms with van der Waals surface area (Å²) in [5, 5.41) is 8.82. The zero-order valence-corrected chi connectivity index (χ0v) is 14.7. The van der Waals surface area contributed by atoms with Crippen LogP contribution in [0.3, 0.4) is 0 Å². The highest BCUT2D eigenvalue weighted by molar-refractivity contribution is 7.18. The number of aromatic nitrogens is 2. The summed E-state index contributed by atoms with van der Waals surface area (Å²) in [5.41, 5.74) is 1.85. The lowest BCUT2D eigenvalue weighted by Gasteiger charge is -1.98. The number of thiophene rings is 2. The van der Waals surface area contributed by atoms with Crippen LogP contribution in [0, 0.1) is 0 Å². The Morgan fingerprint density at radius 3 is 2.76 bits per heavy atom. The molecule has 3 aromatic heterocycles. The number of fused-ring (bicyclic) bond motifs is 1. The molecule has 4 rings (SSSR count). The van der Waals surface area contributed by atoms with Gasteiger partial charge < -0.3 is 0 Å². The van der Waals surface area contributed by atoms with E-state index in [0.717, 1.165) is 20.8 Å². The summed E-state index contributed by atoms with van der Waals surface area (Å²) in [6, 6.07) is 13.9. The van der Waals surface area contributed by atoms with Gasteiger partial charge in [0.15, 0.2) is 0 Å². The fourth-order valence-corrected chi connectivity index (χ4v) is 4.17. The van der Waals surface area contributed by atoms with Crippen LogP contribution in [-0.2, 0) is 0 Å². The van der Waals surface area contributed by atoms with Gasteiger partial charge in [0.2, 0.25) is 0 Å². The molecular formula is C19H13N3OS2. The van der Waals surface area contributed by atoms with Gasteiger partial charge in [-0.05, 0) is 23.1 Å². The van der Waals surface area contributed by atoms with Crippen molar-refractivity contribution in [3.8, 4) is 10.4 Å². The molecular weight excluding hydrogens is 350 g/mol. The lowest BCUT2D eigenvalue weighted by atomic mass is 10.2. The summed E-state index contributed by atoms with van der Waals surface area (Å²) in [6.45, 7) is 0. The average Bonchev–Trinajstić information content (AvgIpc) is 3.31. The maximum absolute atomic E-state index is 12.8. The molecule has 0 atom stereocenters. The second kappa shape index (κ2) is 6.96. The number of hydrogen-bond donors (Lipinski definition) is 0. The van der Waals surface area contributed by atoms with Crippen molar-refractivity contribution in [2.24, 2.45) is 5.10 Å². The zero-order valence-electron chi connectivity index (χ0n) is 13.1. The fourth-order valence-electron chi connectivity index (χ4n) is 2.45. The molecule has 0 aliphatic heterocycles. The van der Waals surface area contributed by atoms with Gasteiger partial charge in [-0.15, -0.1) is 22.7 Å². The largest absolute Gasteiger partial charge is 0.283 e. The van der Waals surface area contributed by atoms with Crippen molar-refractivity contribution in [1.29, 1.82) is 0 Å². The van der Waals surface area contributed by atoms with E-state index in [1.807, 2.05) is 59.3 Å². The first-order valence-electron chi connectivity index (χ1n) is 7.62. The molecule has 4 aromatic rings. The predicted octanol–water partition coefficient (Wildman–Crippen LogP) is 4.73. The quantitative estimate of drug-likeness (QED) is 0.492. The third-order valence-electron chi connectivity index (χ3n) is 3.63. The highest BCUT2D eigenvalue weighted by Crippen LogP contribution is 2.33. The Morgan fingerprint density at radius 2 is 1.96 bits per heavy atom. The van der Waals surface area contributed by atoms with Gasteiger partial charge in [0.1, 0.15) is 11.2 Å². The molecule has 122 valence electrons. The first kappa shape index (κ1) is 15.7. The van der Waals surface area contributed by atoms with Gasteiger partial charge >= 0.3 is 0 Å². The third-order valence-corrected chi connectivity index (χ3v) is 5.42. The Kier molecular flexibility index (Phi) is 4.37. The first-order chi connectivity index (χ1) is 12.3. The van der Waals surface area contributed by atoms with E-state index in [1.165, 1.54) is 22.3 Å². The molecule has 0 amide bonds. The van der Waals surface area contributed by atoms with Crippen molar-refractivity contribution in [3.63, 3.8) is 0 Å². The van der Waals surface area contributed by atoms with Gasteiger partial charge in [0.25, 0.3) is 5.56 Å². The molecule has 0 radical (unpaired) electrons. The Balaban J connectivity index is 1.68. The Morgan fingerprint density at radius 1 is 1.08 bits per heavy atom. The van der Waals surface area contributed by atoms with Crippen LogP contribution < -0.4 is 5.56 Å². The summed E-state index contributed by atoms with van der Waals surface area (Å²) in [6.07, 6.45) is 6.80. The molecule has 25 heavy (non-hydrogen) atoms. The van der Waals surface area contributed by atoms with E-state index in [-0.39, 0.29) is 5.56 Å². The van der Waals surface area contributed by atoms with Crippen LogP contribution in [-0.4, -0.2) is 15.9 Å². The van der Waals surface area contributed by atoms with Gasteiger partial charge in [-0.2, -0.15) is 9.78 Å². The molecule has 0 aliphatic rings. The minimum atomic E-state index is -0.154. The SMILES string of the molecule is O=c1c2c(-c3cccs3)csc2ncn1/N=C\C=C\c1ccccc1. The van der Waals surface area contributed by atoms with Gasteiger partial charge in [0, 0.05) is 22.0 Å². The zero-order chi connectivity index (χ0) is 17.1. The van der Waals surface area contributed by atoms with E-state index >= 15 is 0 Å². The van der Waals surface area contributed by atoms with Crippen LogP contribution >= 0.6 is 22.7 Å². The van der Waals surface area contributed by atoms with Crippen LogP contribution in [0.15, 0.2) is 75.5 Å². The molecule has 0 aliphatic carbocycles. The number of rotatable bonds is 4. The topological polar surface area (TPSA) is 47.2 Å². The van der Waals surface area contributed by atoms with Crippen LogP contribution in [0.1, 0.15) is 5.56 Å². The Hall–Kier alpha value is -2.83. The Bertz CT molecular complexity index is 1110. The summed E-state index contributed by atoms with van der Waals surface area (Å²) in [7, 11) is 0. The van der Waals surface area contributed by atoms with Gasteiger partial charge in [-0.3, -0.25) is 4.79 Å². The van der Waals surface area contributed by atoms with Crippen molar-refractivity contribution in [3.05, 3.63) is 81.5 Å². The van der Waals surface area contributed by atoms with E-state index < -0.39 is 0 Å². The molecule has 4 nitrogen and oxygen atoms in total. The van der Waals surface area contributed by atoms with Crippen LogP contribution in [0.25, 0.3) is 26.7 Å². The second-order valence-corrected chi connectivity index (χ2v) is 7.04. The van der Waals surface area contributed by atoms with Crippen molar-refractivity contribution >= 4 is 45.2 Å². The van der Waals surface area contributed by atoms with Crippen LogP contribution in [0.2, 0.25) is 0 Å². The summed E-state index contributed by atoms with van der Waals surface area (Å²) in [4.78, 5) is 18.9. The second-order valence-electron chi connectivity index (χ2n) is 5.24. The predicted molar refractivity (Wildman–Crippen MR) is 107 cm³/mol. The maximum atomic E-state index is 12.8. The summed E-state index contributed by atoms with van der Waals surface area (Å²) >= 11 is 3.09. The highest BCUT2D eigenvalue weighted by Gasteiger charge is 2.13. The van der Waals surface area contributed by atoms with Gasteiger partial charge in [0.05, 0.1) is 5.39 Å². The van der Waals surface area contributed by atoms with Crippen LogP contribution in [0.4, 0.5) is 0 Å². The highest BCUT2D eigenvalue weighted by atomic mass is 32.1. The van der Waals surface area contributed by atoms with E-state index in [2.05, 4.69) is 10.1 Å². The van der Waals surface area contributed by atoms with E-state index in [4.69, 9.17) is 0 Å². The number of benzene rings is 1. The van der Waals surface area contributed by atoms with Crippen molar-refractivity contribution in [2.45, 2.75) is 0 Å². The van der Waals surface area contributed by atoms with Gasteiger partial charge in [-0.25, -0.2) is 4.98 Å². The minimum Gasteiger partial charge on any atom is -0.267 e. The molecule has 0 bridgehead atoms.